The minimum Gasteiger partial charge on any atom is -0.280 e. The highest BCUT2D eigenvalue weighted by Crippen LogP contribution is 1.98. The number of rotatable bonds is 0. The second kappa shape index (κ2) is 7.99. The maximum atomic E-state index is 12.1. The van der Waals surface area contributed by atoms with Gasteiger partial charge in [0, 0.05) is 6.07 Å². The molecule has 0 aromatic heterocycles. The van der Waals surface area contributed by atoms with Crippen LogP contribution in [0.3, 0.4) is 0 Å². The van der Waals surface area contributed by atoms with E-state index in [-0.39, 0.29) is 16.0 Å². The first-order valence-electron chi connectivity index (χ1n) is 2.94. The molecule has 12 heavy (non-hydrogen) atoms. The highest BCUT2D eigenvalue weighted by Gasteiger charge is 1.88. The molecule has 0 unspecified atom stereocenters. The number of hydrogen-bond acceptors (Lipinski definition) is 1. The van der Waals surface area contributed by atoms with Crippen LogP contribution in [0.15, 0.2) is 18.2 Å². The van der Waals surface area contributed by atoms with Crippen LogP contribution < -0.4 is 0 Å². The predicted octanol–water partition coefficient (Wildman–Crippen LogP) is 2.81. The average molecular weight is 304 g/mol. The molecule has 0 heterocycles. The van der Waals surface area contributed by atoms with E-state index in [2.05, 4.69) is 31.8 Å². The number of nitrogens with zero attached hydrogens (tertiary/aromatic N) is 1. The van der Waals surface area contributed by atoms with Crippen molar-refractivity contribution >= 4 is 41.8 Å². The highest BCUT2D eigenvalue weighted by molar-refractivity contribution is 9.47. The third kappa shape index (κ3) is 5.95. The molecular formula is C7H3Br2FMgN. The summed E-state index contributed by atoms with van der Waals surface area (Å²) in [6.45, 7) is 0. The van der Waals surface area contributed by atoms with Crippen molar-refractivity contribution in [3.63, 3.8) is 0 Å². The fourth-order valence-corrected chi connectivity index (χ4v) is 0.475. The Morgan fingerprint density at radius 1 is 1.50 bits per heavy atom. The molecule has 1 aromatic carbocycles. The Labute approximate surface area is 92.4 Å². The topological polar surface area (TPSA) is 23.8 Å². The first-order chi connectivity index (χ1) is 5.74. The molecule has 1 radical (unpaired) electrons. The lowest BCUT2D eigenvalue weighted by Crippen LogP contribution is -1.74. The van der Waals surface area contributed by atoms with Crippen LogP contribution in [-0.2, 0) is 0 Å². The zero-order chi connectivity index (χ0) is 9.40. The molecule has 0 aliphatic heterocycles. The molecule has 0 saturated carbocycles. The molecular weight excluding hydrogens is 301 g/mol. The second-order valence-corrected chi connectivity index (χ2v) is 9.72. The molecule has 0 aliphatic carbocycles. The maximum Gasteiger partial charge on any atom is 0.560 e. The summed E-state index contributed by atoms with van der Waals surface area (Å²) in [6, 6.07) is 8.05. The fraction of sp³-hybridized carbons (Fsp3) is 0. The van der Waals surface area contributed by atoms with Crippen LogP contribution in [0, 0.1) is 23.2 Å². The summed E-state index contributed by atoms with van der Waals surface area (Å²) in [7, 11) is 0. The molecule has 5 heteroatoms. The lowest BCUT2D eigenvalue weighted by atomic mass is 10.2. The van der Waals surface area contributed by atoms with Gasteiger partial charge in [-0.05, 0) is 18.2 Å². The predicted molar refractivity (Wildman–Crippen MR) is 53.6 cm³/mol. The van der Waals surface area contributed by atoms with Gasteiger partial charge in [0.15, 0.2) is 0 Å². The van der Waals surface area contributed by atoms with Crippen molar-refractivity contribution in [2.45, 2.75) is 0 Å². The van der Waals surface area contributed by atoms with E-state index in [0.717, 1.165) is 0 Å². The summed E-state index contributed by atoms with van der Waals surface area (Å²) in [5.74, 6) is -0.436. The van der Waals surface area contributed by atoms with Crippen molar-refractivity contribution in [1.82, 2.24) is 0 Å². The molecule has 1 rings (SSSR count). The van der Waals surface area contributed by atoms with E-state index in [1.165, 1.54) is 18.2 Å². The van der Waals surface area contributed by atoms with E-state index in [1.54, 1.807) is 0 Å². The molecule has 59 valence electrons. The summed E-state index contributed by atoms with van der Waals surface area (Å²) in [6.07, 6.45) is 0. The molecule has 0 amide bonds. The van der Waals surface area contributed by atoms with E-state index in [1.807, 2.05) is 6.07 Å². The van der Waals surface area contributed by atoms with Gasteiger partial charge >= 0.3 is 16.0 Å². The maximum absolute atomic E-state index is 12.1. The Morgan fingerprint density at radius 3 is 2.42 bits per heavy atom. The lowest BCUT2D eigenvalue weighted by Gasteiger charge is -1.84. The van der Waals surface area contributed by atoms with Crippen LogP contribution in [-0.4, -0.2) is 16.0 Å². The number of halogens is 3. The first-order valence-corrected chi connectivity index (χ1v) is 10.7. The lowest BCUT2D eigenvalue weighted by molar-refractivity contribution is 0.625. The van der Waals surface area contributed by atoms with Gasteiger partial charge in [-0.15, -0.1) is 0 Å². The van der Waals surface area contributed by atoms with Crippen molar-refractivity contribution in [3.8, 4) is 6.07 Å². The third-order valence-corrected chi connectivity index (χ3v) is 0.904. The molecule has 0 aliphatic rings. The smallest absolute Gasteiger partial charge is 0.280 e. The van der Waals surface area contributed by atoms with Gasteiger partial charge in [0.25, 0.3) is 0 Å². The first kappa shape index (κ1) is 12.4. The Hall–Kier alpha value is 0.366. The minimum atomic E-state index is -0.436. The van der Waals surface area contributed by atoms with Gasteiger partial charge < -0.3 is 0 Å². The highest BCUT2D eigenvalue weighted by atomic mass is 79.9. The van der Waals surface area contributed by atoms with E-state index in [4.69, 9.17) is 5.26 Å². The number of nitriles is 1. The molecule has 0 atom stereocenters. The summed E-state index contributed by atoms with van der Waals surface area (Å²) in [5, 5.41) is 8.24. The van der Waals surface area contributed by atoms with E-state index in [0.29, 0.717) is 5.56 Å². The zero-order valence-corrected chi connectivity index (χ0v) is 10.6. The second-order valence-electron chi connectivity index (χ2n) is 1.64. The summed E-state index contributed by atoms with van der Waals surface area (Å²) in [5.41, 5.74) is 0.427. The van der Waals surface area contributed by atoms with Gasteiger partial charge in [-0.2, -0.15) is 5.26 Å². The Morgan fingerprint density at radius 2 is 2.08 bits per heavy atom. The van der Waals surface area contributed by atoms with Gasteiger partial charge in [-0.25, -0.2) is 4.39 Å². The van der Waals surface area contributed by atoms with Gasteiger partial charge in [0.1, 0.15) is 5.82 Å². The average Bonchev–Trinajstić information content (AvgIpc) is 2.07. The molecule has 1 nitrogen and oxygen atoms in total. The zero-order valence-electron chi connectivity index (χ0n) is 6.02. The summed E-state index contributed by atoms with van der Waals surface area (Å²) >= 11 is 6.44. The van der Waals surface area contributed by atoms with E-state index >= 15 is 0 Å². The van der Waals surface area contributed by atoms with Crippen molar-refractivity contribution < 1.29 is 4.39 Å². The molecule has 1 aromatic rings. The SMILES string of the molecule is N#Cc1c[c]c(F)cc1.[Br][Mg][Br]. The summed E-state index contributed by atoms with van der Waals surface area (Å²) in [4.78, 5) is 0. The number of benzene rings is 1. The van der Waals surface area contributed by atoms with Crippen molar-refractivity contribution in [3.05, 3.63) is 35.6 Å². The monoisotopic (exact) mass is 302 g/mol. The van der Waals surface area contributed by atoms with Gasteiger partial charge in [-0.1, -0.05) is 0 Å². The van der Waals surface area contributed by atoms with Gasteiger partial charge in [-0.3, -0.25) is 25.8 Å². The molecule has 0 saturated heterocycles. The van der Waals surface area contributed by atoms with Crippen LogP contribution >= 0.6 is 25.8 Å². The van der Waals surface area contributed by atoms with Crippen molar-refractivity contribution in [1.29, 1.82) is 5.26 Å². The van der Waals surface area contributed by atoms with Crippen molar-refractivity contribution in [2.75, 3.05) is 0 Å². The molecule has 0 fully saturated rings. The van der Waals surface area contributed by atoms with Crippen LogP contribution in [0.25, 0.3) is 0 Å². The third-order valence-electron chi connectivity index (χ3n) is 0.904. The van der Waals surface area contributed by atoms with Crippen molar-refractivity contribution in [2.24, 2.45) is 0 Å². The Bertz CT molecular complexity index is 257. The van der Waals surface area contributed by atoms with Gasteiger partial charge in [0.2, 0.25) is 0 Å². The fourth-order valence-electron chi connectivity index (χ4n) is 0.475. The minimum absolute atomic E-state index is 0.0417. The van der Waals surface area contributed by atoms with E-state index in [9.17, 15) is 4.39 Å². The van der Waals surface area contributed by atoms with Gasteiger partial charge in [0.05, 0.1) is 11.6 Å². The van der Waals surface area contributed by atoms with Crippen LogP contribution in [0.4, 0.5) is 4.39 Å². The summed E-state index contributed by atoms with van der Waals surface area (Å²) < 4.78 is 12.1. The Kier molecular flexibility index (Phi) is 8.23. The molecule has 0 spiro atoms. The quantitative estimate of drug-likeness (QED) is 0.676. The van der Waals surface area contributed by atoms with Crippen LogP contribution in [0.5, 0.6) is 0 Å². The van der Waals surface area contributed by atoms with Crippen LogP contribution in [0.1, 0.15) is 5.56 Å². The van der Waals surface area contributed by atoms with E-state index < -0.39 is 5.82 Å². The standard InChI is InChI=1S/C7H3FN.2BrH.Mg/c8-7-3-1-6(5-9)2-4-7;;;/h1-3H;2*1H;/q;;;+2/p-2. The largest absolute Gasteiger partial charge is 0.560 e. The molecule has 0 N–H and O–H groups in total. The normalized spacial score (nSPS) is 7.17. The number of hydrogen-bond donors (Lipinski definition) is 0. The molecule has 0 bridgehead atoms. The Balaban J connectivity index is 0.000000354. The van der Waals surface area contributed by atoms with Crippen LogP contribution in [0.2, 0.25) is 0 Å².